The van der Waals surface area contributed by atoms with E-state index in [2.05, 4.69) is 46.8 Å². The van der Waals surface area contributed by atoms with Gasteiger partial charge in [-0.3, -0.25) is 0 Å². The molecule has 0 aliphatic rings. The van der Waals surface area contributed by atoms with E-state index in [0.29, 0.717) is 36.0 Å². The standard InChI is InChI=1S/C15H18BrN7O/c1-3-23-14-12(21-22-23)13(18-11-6-4-10(16)5-7-11)19-15(20-14)17-8-9(2)24/h4-7,9,24H,3,8H2,1-2H3,(H2,17,18,19,20). The quantitative estimate of drug-likeness (QED) is 0.593. The highest BCUT2D eigenvalue weighted by molar-refractivity contribution is 9.10. The Morgan fingerprint density at radius 3 is 2.67 bits per heavy atom. The molecule has 1 aromatic carbocycles. The molecule has 0 amide bonds. The summed E-state index contributed by atoms with van der Waals surface area (Å²) in [4.78, 5) is 8.92. The summed E-state index contributed by atoms with van der Waals surface area (Å²) in [5.41, 5.74) is 2.12. The molecule has 8 nitrogen and oxygen atoms in total. The molecular formula is C15H18BrN7O. The number of aromatic nitrogens is 5. The molecular weight excluding hydrogens is 374 g/mol. The van der Waals surface area contributed by atoms with Gasteiger partial charge in [0.2, 0.25) is 5.95 Å². The van der Waals surface area contributed by atoms with Crippen molar-refractivity contribution in [3.63, 3.8) is 0 Å². The molecule has 0 fully saturated rings. The van der Waals surface area contributed by atoms with Gasteiger partial charge in [-0.2, -0.15) is 9.97 Å². The van der Waals surface area contributed by atoms with E-state index in [1.54, 1.807) is 11.6 Å². The molecule has 2 heterocycles. The van der Waals surface area contributed by atoms with Crippen molar-refractivity contribution < 1.29 is 5.11 Å². The van der Waals surface area contributed by atoms with Gasteiger partial charge in [-0.15, -0.1) is 5.10 Å². The molecule has 3 rings (SSSR count). The molecule has 0 aliphatic heterocycles. The fraction of sp³-hybridized carbons (Fsp3) is 0.333. The number of hydrogen-bond acceptors (Lipinski definition) is 7. The molecule has 3 aromatic rings. The molecule has 9 heteroatoms. The van der Waals surface area contributed by atoms with E-state index in [4.69, 9.17) is 0 Å². The highest BCUT2D eigenvalue weighted by Crippen LogP contribution is 2.24. The van der Waals surface area contributed by atoms with E-state index in [0.717, 1.165) is 10.2 Å². The minimum absolute atomic E-state index is 0.358. The average Bonchev–Trinajstić information content (AvgIpc) is 2.98. The summed E-state index contributed by atoms with van der Waals surface area (Å²) in [5.74, 6) is 0.982. The lowest BCUT2D eigenvalue weighted by molar-refractivity contribution is 0.208. The molecule has 0 aliphatic carbocycles. The monoisotopic (exact) mass is 391 g/mol. The summed E-state index contributed by atoms with van der Waals surface area (Å²) >= 11 is 3.42. The van der Waals surface area contributed by atoms with Crippen LogP contribution in [0.5, 0.6) is 0 Å². The van der Waals surface area contributed by atoms with Gasteiger partial charge in [0, 0.05) is 23.2 Å². The van der Waals surface area contributed by atoms with Gasteiger partial charge in [0.05, 0.1) is 6.10 Å². The second-order valence-electron chi connectivity index (χ2n) is 5.34. The van der Waals surface area contributed by atoms with E-state index >= 15 is 0 Å². The molecule has 126 valence electrons. The third kappa shape index (κ3) is 3.62. The van der Waals surface area contributed by atoms with Crippen LogP contribution in [0.4, 0.5) is 17.5 Å². The first-order valence-electron chi connectivity index (χ1n) is 7.62. The molecule has 0 saturated carbocycles. The van der Waals surface area contributed by atoms with Crippen LogP contribution >= 0.6 is 15.9 Å². The number of benzene rings is 1. The Kier molecular flexibility index (Phi) is 4.91. The van der Waals surface area contributed by atoms with Crippen LogP contribution in [-0.2, 0) is 6.54 Å². The Morgan fingerprint density at radius 2 is 2.00 bits per heavy atom. The Balaban J connectivity index is 2.00. The Morgan fingerprint density at radius 1 is 1.25 bits per heavy atom. The van der Waals surface area contributed by atoms with Crippen LogP contribution in [0, 0.1) is 0 Å². The number of aliphatic hydroxyl groups excluding tert-OH is 1. The summed E-state index contributed by atoms with van der Waals surface area (Å²) in [6.45, 7) is 4.68. The molecule has 0 spiro atoms. The number of nitrogens with one attached hydrogen (secondary N) is 2. The van der Waals surface area contributed by atoms with Crippen LogP contribution in [0.1, 0.15) is 13.8 Å². The van der Waals surface area contributed by atoms with E-state index in [1.807, 2.05) is 31.2 Å². The van der Waals surface area contributed by atoms with Gasteiger partial charge >= 0.3 is 0 Å². The first kappa shape index (κ1) is 16.6. The van der Waals surface area contributed by atoms with Crippen LogP contribution in [-0.4, -0.2) is 42.7 Å². The second kappa shape index (κ2) is 7.10. The van der Waals surface area contributed by atoms with Crippen LogP contribution in [0.2, 0.25) is 0 Å². The maximum atomic E-state index is 9.45. The van der Waals surface area contributed by atoms with Gasteiger partial charge in [-0.1, -0.05) is 21.1 Å². The van der Waals surface area contributed by atoms with E-state index in [-0.39, 0.29) is 0 Å². The predicted molar refractivity (Wildman–Crippen MR) is 96.4 cm³/mol. The van der Waals surface area contributed by atoms with Crippen molar-refractivity contribution >= 4 is 44.5 Å². The number of nitrogens with zero attached hydrogens (tertiary/aromatic N) is 5. The molecule has 1 unspecified atom stereocenters. The molecule has 1 atom stereocenters. The number of hydrogen-bond donors (Lipinski definition) is 3. The topological polar surface area (TPSA) is 101 Å². The van der Waals surface area contributed by atoms with Gasteiger partial charge in [0.25, 0.3) is 0 Å². The van der Waals surface area contributed by atoms with Crippen molar-refractivity contribution in [1.29, 1.82) is 0 Å². The second-order valence-corrected chi connectivity index (χ2v) is 6.25. The fourth-order valence-electron chi connectivity index (χ4n) is 2.14. The Bertz CT molecular complexity index is 832. The van der Waals surface area contributed by atoms with Crippen molar-refractivity contribution in [2.75, 3.05) is 17.2 Å². The zero-order valence-electron chi connectivity index (χ0n) is 13.4. The number of aliphatic hydroxyl groups is 1. The van der Waals surface area contributed by atoms with Crippen LogP contribution in [0.3, 0.4) is 0 Å². The van der Waals surface area contributed by atoms with Gasteiger partial charge in [0.15, 0.2) is 17.0 Å². The van der Waals surface area contributed by atoms with Gasteiger partial charge < -0.3 is 15.7 Å². The maximum Gasteiger partial charge on any atom is 0.226 e. The Labute approximate surface area is 147 Å². The van der Waals surface area contributed by atoms with E-state index in [9.17, 15) is 5.11 Å². The van der Waals surface area contributed by atoms with Gasteiger partial charge in [0.1, 0.15) is 0 Å². The summed E-state index contributed by atoms with van der Waals surface area (Å²) in [6, 6.07) is 7.75. The van der Waals surface area contributed by atoms with Crippen molar-refractivity contribution in [1.82, 2.24) is 25.0 Å². The summed E-state index contributed by atoms with van der Waals surface area (Å²) in [6.07, 6.45) is -0.499. The number of anilines is 3. The molecule has 0 radical (unpaired) electrons. The fourth-order valence-corrected chi connectivity index (χ4v) is 2.41. The third-order valence-electron chi connectivity index (χ3n) is 3.32. The Hall–Kier alpha value is -2.26. The van der Waals surface area contributed by atoms with Crippen molar-refractivity contribution in [2.24, 2.45) is 0 Å². The highest BCUT2D eigenvalue weighted by atomic mass is 79.9. The smallest absolute Gasteiger partial charge is 0.226 e. The summed E-state index contributed by atoms with van der Waals surface area (Å²) in [5, 5.41) is 24.0. The normalized spacial score (nSPS) is 12.3. The van der Waals surface area contributed by atoms with E-state index < -0.39 is 6.10 Å². The van der Waals surface area contributed by atoms with Crippen LogP contribution < -0.4 is 10.6 Å². The minimum Gasteiger partial charge on any atom is -0.392 e. The third-order valence-corrected chi connectivity index (χ3v) is 3.85. The number of fused-ring (bicyclic) bond motifs is 1. The number of halogens is 1. The lowest BCUT2D eigenvalue weighted by Gasteiger charge is -2.10. The molecule has 0 saturated heterocycles. The van der Waals surface area contributed by atoms with Crippen LogP contribution in [0.25, 0.3) is 11.2 Å². The summed E-state index contributed by atoms with van der Waals surface area (Å²) in [7, 11) is 0. The summed E-state index contributed by atoms with van der Waals surface area (Å²) < 4.78 is 2.70. The predicted octanol–water partition coefficient (Wildman–Crippen LogP) is 2.54. The van der Waals surface area contributed by atoms with Crippen molar-refractivity contribution in [3.8, 4) is 0 Å². The highest BCUT2D eigenvalue weighted by Gasteiger charge is 2.14. The SMILES string of the molecule is CCn1nnc2c(Nc3ccc(Br)cc3)nc(NCC(C)O)nc21. The lowest BCUT2D eigenvalue weighted by Crippen LogP contribution is -2.17. The largest absolute Gasteiger partial charge is 0.392 e. The molecule has 3 N–H and O–H groups in total. The van der Waals surface area contributed by atoms with Crippen LogP contribution in [0.15, 0.2) is 28.7 Å². The minimum atomic E-state index is -0.499. The first-order valence-corrected chi connectivity index (χ1v) is 8.42. The van der Waals surface area contributed by atoms with Gasteiger partial charge in [-0.05, 0) is 38.1 Å². The van der Waals surface area contributed by atoms with E-state index in [1.165, 1.54) is 0 Å². The molecule has 0 bridgehead atoms. The number of aryl methyl sites for hydroxylation is 1. The number of rotatable bonds is 6. The van der Waals surface area contributed by atoms with Crippen molar-refractivity contribution in [2.45, 2.75) is 26.5 Å². The first-order chi connectivity index (χ1) is 11.6. The average molecular weight is 392 g/mol. The maximum absolute atomic E-state index is 9.45. The zero-order valence-corrected chi connectivity index (χ0v) is 14.9. The zero-order chi connectivity index (χ0) is 17.1. The molecule has 2 aromatic heterocycles. The van der Waals surface area contributed by atoms with Gasteiger partial charge in [-0.25, -0.2) is 4.68 Å². The lowest BCUT2D eigenvalue weighted by atomic mass is 10.3. The van der Waals surface area contributed by atoms with Crippen molar-refractivity contribution in [3.05, 3.63) is 28.7 Å². The molecule has 24 heavy (non-hydrogen) atoms.